The van der Waals surface area contributed by atoms with Crippen LogP contribution in [0.2, 0.25) is 0 Å². The van der Waals surface area contributed by atoms with Gasteiger partial charge < -0.3 is 19.6 Å². The van der Waals surface area contributed by atoms with E-state index in [1.807, 2.05) is 0 Å². The van der Waals surface area contributed by atoms with Crippen molar-refractivity contribution in [3.8, 4) is 5.88 Å². The Morgan fingerprint density at radius 3 is 2.80 bits per heavy atom. The Labute approximate surface area is 118 Å². The van der Waals surface area contributed by atoms with Crippen molar-refractivity contribution in [3.05, 3.63) is 11.9 Å². The molecule has 0 amide bonds. The Hall–Kier alpha value is -1.44. The van der Waals surface area contributed by atoms with Gasteiger partial charge in [0.2, 0.25) is 5.88 Å². The standard InChI is InChI=1S/C13H22N4O3/c1-18-5-2-6-19-7-8-20-12-9-11(17-14)15-13(16-12)10-3-4-10/h9-10H,2-8,14H2,1H3,(H,15,16,17). The molecule has 0 bridgehead atoms. The van der Waals surface area contributed by atoms with Crippen LogP contribution in [0.1, 0.15) is 31.0 Å². The first-order chi connectivity index (χ1) is 9.83. The van der Waals surface area contributed by atoms with Crippen molar-refractivity contribution in [2.45, 2.75) is 25.2 Å². The van der Waals surface area contributed by atoms with Crippen molar-refractivity contribution in [3.63, 3.8) is 0 Å². The lowest BCUT2D eigenvalue weighted by molar-refractivity contribution is 0.0795. The van der Waals surface area contributed by atoms with Crippen LogP contribution in [-0.4, -0.2) is 43.5 Å². The second kappa shape index (κ2) is 7.98. The Kier molecular flexibility index (Phi) is 5.97. The lowest BCUT2D eigenvalue weighted by atomic mass is 10.4. The first kappa shape index (κ1) is 15.0. The Morgan fingerprint density at radius 2 is 2.10 bits per heavy atom. The molecule has 0 radical (unpaired) electrons. The number of nitrogens with zero attached hydrogens (tertiary/aromatic N) is 2. The summed E-state index contributed by atoms with van der Waals surface area (Å²) in [7, 11) is 1.68. The molecule has 0 spiro atoms. The van der Waals surface area contributed by atoms with E-state index >= 15 is 0 Å². The molecular weight excluding hydrogens is 260 g/mol. The second-order valence-electron chi connectivity index (χ2n) is 4.68. The number of rotatable bonds is 10. The molecule has 7 heteroatoms. The van der Waals surface area contributed by atoms with Gasteiger partial charge in [-0.15, -0.1) is 0 Å². The Morgan fingerprint density at radius 1 is 1.25 bits per heavy atom. The van der Waals surface area contributed by atoms with Gasteiger partial charge in [-0.2, -0.15) is 4.98 Å². The molecule has 1 aliphatic carbocycles. The number of hydrazine groups is 1. The van der Waals surface area contributed by atoms with Crippen LogP contribution in [0.3, 0.4) is 0 Å². The Bertz CT molecular complexity index is 413. The van der Waals surface area contributed by atoms with Crippen LogP contribution in [0.4, 0.5) is 5.82 Å². The topological polar surface area (TPSA) is 91.5 Å². The lowest BCUT2D eigenvalue weighted by Gasteiger charge is -2.09. The van der Waals surface area contributed by atoms with Crippen LogP contribution in [0, 0.1) is 0 Å². The van der Waals surface area contributed by atoms with Gasteiger partial charge in [0.05, 0.1) is 6.61 Å². The van der Waals surface area contributed by atoms with Gasteiger partial charge >= 0.3 is 0 Å². The molecule has 0 saturated heterocycles. The minimum Gasteiger partial charge on any atom is -0.475 e. The minimum absolute atomic E-state index is 0.455. The van der Waals surface area contributed by atoms with Crippen LogP contribution in [0.25, 0.3) is 0 Å². The summed E-state index contributed by atoms with van der Waals surface area (Å²) in [5.74, 6) is 7.77. The number of nitrogens with one attached hydrogen (secondary N) is 1. The van der Waals surface area contributed by atoms with E-state index in [9.17, 15) is 0 Å². The summed E-state index contributed by atoms with van der Waals surface area (Å²) in [6, 6.07) is 1.69. The van der Waals surface area contributed by atoms with E-state index in [4.69, 9.17) is 20.1 Å². The molecule has 1 heterocycles. The SMILES string of the molecule is COCCCOCCOc1cc(NN)nc(C2CC2)n1. The number of ether oxygens (including phenoxy) is 3. The predicted octanol–water partition coefficient (Wildman–Crippen LogP) is 1.07. The fourth-order valence-corrected chi connectivity index (χ4v) is 1.73. The summed E-state index contributed by atoms with van der Waals surface area (Å²) in [5.41, 5.74) is 2.54. The third kappa shape index (κ3) is 4.92. The van der Waals surface area contributed by atoms with Crippen LogP contribution in [-0.2, 0) is 9.47 Å². The van der Waals surface area contributed by atoms with Crippen LogP contribution in [0.5, 0.6) is 5.88 Å². The van der Waals surface area contributed by atoms with E-state index in [0.29, 0.717) is 44.0 Å². The number of methoxy groups -OCH3 is 1. The number of nitrogen functional groups attached to an aromatic ring is 1. The van der Waals surface area contributed by atoms with Gasteiger partial charge in [-0.3, -0.25) is 0 Å². The largest absolute Gasteiger partial charge is 0.475 e. The predicted molar refractivity (Wildman–Crippen MR) is 74.6 cm³/mol. The number of aromatic nitrogens is 2. The van der Waals surface area contributed by atoms with E-state index in [2.05, 4.69) is 15.4 Å². The zero-order chi connectivity index (χ0) is 14.2. The van der Waals surface area contributed by atoms with E-state index in [1.165, 1.54) is 0 Å². The van der Waals surface area contributed by atoms with Crippen molar-refractivity contribution in [2.24, 2.45) is 5.84 Å². The minimum atomic E-state index is 0.455. The number of nitrogens with two attached hydrogens (primary N) is 1. The lowest BCUT2D eigenvalue weighted by Crippen LogP contribution is -2.13. The molecule has 3 N–H and O–H groups in total. The third-order valence-corrected chi connectivity index (χ3v) is 2.93. The summed E-state index contributed by atoms with van der Waals surface area (Å²) in [6.45, 7) is 2.36. The second-order valence-corrected chi connectivity index (χ2v) is 4.68. The highest BCUT2D eigenvalue weighted by molar-refractivity contribution is 5.38. The monoisotopic (exact) mass is 282 g/mol. The van der Waals surface area contributed by atoms with Crippen molar-refractivity contribution >= 4 is 5.82 Å². The average Bonchev–Trinajstić information content (AvgIpc) is 3.30. The summed E-state index contributed by atoms with van der Waals surface area (Å²) >= 11 is 0. The van der Waals surface area contributed by atoms with Gasteiger partial charge in [0, 0.05) is 32.3 Å². The smallest absolute Gasteiger partial charge is 0.218 e. The fraction of sp³-hybridized carbons (Fsp3) is 0.692. The van der Waals surface area contributed by atoms with Crippen molar-refractivity contribution in [2.75, 3.05) is 39.0 Å². The maximum Gasteiger partial charge on any atom is 0.218 e. The zero-order valence-electron chi connectivity index (χ0n) is 11.8. The maximum atomic E-state index is 5.57. The summed E-state index contributed by atoms with van der Waals surface area (Å²) in [4.78, 5) is 8.71. The molecule has 2 rings (SSSR count). The molecular formula is C13H22N4O3. The highest BCUT2D eigenvalue weighted by Crippen LogP contribution is 2.38. The number of hydrogen-bond acceptors (Lipinski definition) is 7. The fourth-order valence-electron chi connectivity index (χ4n) is 1.73. The zero-order valence-corrected chi connectivity index (χ0v) is 11.8. The van der Waals surface area contributed by atoms with E-state index < -0.39 is 0 Å². The van der Waals surface area contributed by atoms with E-state index in [0.717, 1.165) is 25.1 Å². The molecule has 1 aromatic heterocycles. The summed E-state index contributed by atoms with van der Waals surface area (Å²) in [5, 5.41) is 0. The molecule has 0 unspecified atom stereocenters. The Balaban J connectivity index is 1.73. The quantitative estimate of drug-likeness (QED) is 0.377. The number of anilines is 1. The van der Waals surface area contributed by atoms with Crippen LogP contribution < -0.4 is 16.0 Å². The molecule has 0 aliphatic heterocycles. The molecule has 1 fully saturated rings. The molecule has 7 nitrogen and oxygen atoms in total. The maximum absolute atomic E-state index is 5.57. The number of hydrogen-bond donors (Lipinski definition) is 2. The molecule has 1 aliphatic rings. The normalized spacial score (nSPS) is 14.3. The van der Waals surface area contributed by atoms with Gasteiger partial charge in [-0.25, -0.2) is 10.8 Å². The van der Waals surface area contributed by atoms with Crippen molar-refractivity contribution < 1.29 is 14.2 Å². The third-order valence-electron chi connectivity index (χ3n) is 2.93. The van der Waals surface area contributed by atoms with Gasteiger partial charge in [0.25, 0.3) is 0 Å². The van der Waals surface area contributed by atoms with Gasteiger partial charge in [-0.1, -0.05) is 0 Å². The molecule has 1 saturated carbocycles. The molecule has 20 heavy (non-hydrogen) atoms. The van der Waals surface area contributed by atoms with Crippen LogP contribution >= 0.6 is 0 Å². The van der Waals surface area contributed by atoms with E-state index in [1.54, 1.807) is 13.2 Å². The molecule has 0 atom stereocenters. The first-order valence-corrected chi connectivity index (χ1v) is 6.88. The molecule has 0 aromatic carbocycles. The van der Waals surface area contributed by atoms with Gasteiger partial charge in [-0.05, 0) is 19.3 Å². The molecule has 1 aromatic rings. The molecule has 112 valence electrons. The summed E-state index contributed by atoms with van der Waals surface area (Å²) in [6.07, 6.45) is 3.16. The van der Waals surface area contributed by atoms with Crippen molar-refractivity contribution in [1.82, 2.24) is 9.97 Å². The van der Waals surface area contributed by atoms with Crippen LogP contribution in [0.15, 0.2) is 6.07 Å². The highest BCUT2D eigenvalue weighted by atomic mass is 16.5. The van der Waals surface area contributed by atoms with E-state index in [-0.39, 0.29) is 0 Å². The van der Waals surface area contributed by atoms with Crippen molar-refractivity contribution in [1.29, 1.82) is 0 Å². The highest BCUT2D eigenvalue weighted by Gasteiger charge is 2.27. The van der Waals surface area contributed by atoms with Gasteiger partial charge in [0.15, 0.2) is 0 Å². The average molecular weight is 282 g/mol. The first-order valence-electron chi connectivity index (χ1n) is 6.88. The van der Waals surface area contributed by atoms with Gasteiger partial charge in [0.1, 0.15) is 18.2 Å². The summed E-state index contributed by atoms with van der Waals surface area (Å²) < 4.78 is 15.9.